The molecule has 1 amide bonds. The number of likely N-dealkylation sites (tertiary alicyclic amines) is 1. The smallest absolute Gasteiger partial charge is 0.225 e. The van der Waals surface area contributed by atoms with Gasteiger partial charge >= 0.3 is 0 Å². The Bertz CT molecular complexity index is 491. The molecule has 1 aromatic rings. The highest BCUT2D eigenvalue weighted by Gasteiger charge is 2.25. The van der Waals surface area contributed by atoms with Crippen molar-refractivity contribution in [3.8, 4) is 0 Å². The van der Waals surface area contributed by atoms with E-state index in [4.69, 9.17) is 0 Å². The Morgan fingerprint density at radius 1 is 1.45 bits per heavy atom. The molecule has 0 radical (unpaired) electrons. The van der Waals surface area contributed by atoms with Crippen LogP contribution in [0.25, 0.3) is 0 Å². The number of nitrogens with one attached hydrogen (secondary N) is 2. The van der Waals surface area contributed by atoms with Gasteiger partial charge in [-0.05, 0) is 31.7 Å². The van der Waals surface area contributed by atoms with Gasteiger partial charge in [0.1, 0.15) is 5.82 Å². The van der Waals surface area contributed by atoms with E-state index in [9.17, 15) is 4.79 Å². The molecule has 1 aliphatic heterocycles. The first-order valence-corrected chi connectivity index (χ1v) is 8.19. The summed E-state index contributed by atoms with van der Waals surface area (Å²) in [5.74, 6) is 2.27. The Morgan fingerprint density at radius 2 is 2.27 bits per heavy atom. The molecule has 122 valence electrons. The number of aromatic nitrogens is 2. The first-order valence-electron chi connectivity index (χ1n) is 8.19. The summed E-state index contributed by atoms with van der Waals surface area (Å²) in [6.07, 6.45) is 3.97. The van der Waals surface area contributed by atoms with E-state index in [0.29, 0.717) is 11.9 Å². The standard InChI is InChI=1S/C16H27N5O/c1-4-17-14-7-8-18-16(20-14)19-10-13-6-5-9-21(11-13)15(22)12(2)3/h7-8,12-13H,4-6,9-11H2,1-3H3,(H2,17,18,19,20). The molecule has 6 nitrogen and oxygen atoms in total. The van der Waals surface area contributed by atoms with Crippen molar-refractivity contribution in [3.05, 3.63) is 12.3 Å². The van der Waals surface area contributed by atoms with Crippen LogP contribution in [0.15, 0.2) is 12.3 Å². The van der Waals surface area contributed by atoms with Gasteiger partial charge in [-0.3, -0.25) is 4.79 Å². The quantitative estimate of drug-likeness (QED) is 0.843. The number of carbonyl (C=O) groups is 1. The SMILES string of the molecule is CCNc1ccnc(NCC2CCCN(C(=O)C(C)C)C2)n1. The van der Waals surface area contributed by atoms with Gasteiger partial charge in [0.25, 0.3) is 0 Å². The van der Waals surface area contributed by atoms with Gasteiger partial charge < -0.3 is 15.5 Å². The Labute approximate surface area is 132 Å². The molecule has 2 rings (SSSR count). The van der Waals surface area contributed by atoms with Crippen LogP contribution < -0.4 is 10.6 Å². The Hall–Kier alpha value is -1.85. The molecule has 2 N–H and O–H groups in total. The fourth-order valence-electron chi connectivity index (χ4n) is 2.76. The third-order valence-electron chi connectivity index (χ3n) is 3.89. The van der Waals surface area contributed by atoms with Gasteiger partial charge in [0, 0.05) is 38.3 Å². The average Bonchev–Trinajstić information content (AvgIpc) is 2.53. The molecule has 1 fully saturated rings. The monoisotopic (exact) mass is 305 g/mol. The fourth-order valence-corrected chi connectivity index (χ4v) is 2.76. The predicted molar refractivity (Wildman–Crippen MR) is 88.8 cm³/mol. The van der Waals surface area contributed by atoms with Crippen LogP contribution in [0.2, 0.25) is 0 Å². The van der Waals surface area contributed by atoms with Gasteiger partial charge in [-0.25, -0.2) is 4.98 Å². The predicted octanol–water partition coefficient (Wildman–Crippen LogP) is 2.21. The number of rotatable bonds is 6. The lowest BCUT2D eigenvalue weighted by Gasteiger charge is -2.34. The van der Waals surface area contributed by atoms with Crippen LogP contribution in [-0.4, -0.2) is 47.0 Å². The lowest BCUT2D eigenvalue weighted by Crippen LogP contribution is -2.43. The first kappa shape index (κ1) is 16.5. The van der Waals surface area contributed by atoms with Gasteiger partial charge in [0.2, 0.25) is 11.9 Å². The Morgan fingerprint density at radius 3 is 3.00 bits per heavy atom. The lowest BCUT2D eigenvalue weighted by atomic mass is 9.97. The number of hydrogen-bond acceptors (Lipinski definition) is 5. The van der Waals surface area contributed by atoms with E-state index in [1.165, 1.54) is 0 Å². The van der Waals surface area contributed by atoms with E-state index in [-0.39, 0.29) is 11.8 Å². The minimum Gasteiger partial charge on any atom is -0.370 e. The number of amides is 1. The van der Waals surface area contributed by atoms with Crippen LogP contribution in [0, 0.1) is 11.8 Å². The normalized spacial score (nSPS) is 18.4. The highest BCUT2D eigenvalue weighted by molar-refractivity contribution is 5.78. The van der Waals surface area contributed by atoms with E-state index < -0.39 is 0 Å². The molecule has 1 unspecified atom stereocenters. The summed E-state index contributed by atoms with van der Waals surface area (Å²) in [5, 5.41) is 6.48. The number of carbonyl (C=O) groups excluding carboxylic acids is 1. The maximum absolute atomic E-state index is 12.1. The second-order valence-corrected chi connectivity index (χ2v) is 6.12. The molecular formula is C16H27N5O. The summed E-state index contributed by atoms with van der Waals surface area (Å²) in [7, 11) is 0. The van der Waals surface area contributed by atoms with Crippen molar-refractivity contribution < 1.29 is 4.79 Å². The van der Waals surface area contributed by atoms with Crippen LogP contribution in [0.4, 0.5) is 11.8 Å². The maximum Gasteiger partial charge on any atom is 0.225 e. The molecule has 1 saturated heterocycles. The van der Waals surface area contributed by atoms with Crippen molar-refractivity contribution in [2.75, 3.05) is 36.8 Å². The molecule has 0 spiro atoms. The number of hydrogen-bond donors (Lipinski definition) is 2. The summed E-state index contributed by atoms with van der Waals surface area (Å²) in [6.45, 7) is 9.33. The number of nitrogens with zero attached hydrogens (tertiary/aromatic N) is 3. The molecule has 0 aliphatic carbocycles. The summed E-state index contributed by atoms with van der Waals surface area (Å²) in [5.41, 5.74) is 0. The third-order valence-corrected chi connectivity index (χ3v) is 3.89. The molecule has 6 heteroatoms. The zero-order chi connectivity index (χ0) is 15.9. The molecule has 22 heavy (non-hydrogen) atoms. The summed E-state index contributed by atoms with van der Waals surface area (Å²) in [6, 6.07) is 1.86. The molecule has 0 aromatic carbocycles. The Balaban J connectivity index is 1.86. The van der Waals surface area contributed by atoms with Gasteiger partial charge in [-0.2, -0.15) is 4.98 Å². The molecule has 0 bridgehead atoms. The minimum atomic E-state index is 0.0758. The van der Waals surface area contributed by atoms with Gasteiger partial charge in [0.05, 0.1) is 0 Å². The zero-order valence-corrected chi connectivity index (χ0v) is 13.8. The summed E-state index contributed by atoms with van der Waals surface area (Å²) in [4.78, 5) is 22.8. The summed E-state index contributed by atoms with van der Waals surface area (Å²) >= 11 is 0. The van der Waals surface area contributed by atoms with Crippen LogP contribution in [-0.2, 0) is 4.79 Å². The van der Waals surface area contributed by atoms with E-state index in [1.54, 1.807) is 6.20 Å². The lowest BCUT2D eigenvalue weighted by molar-refractivity contribution is -0.136. The van der Waals surface area contributed by atoms with Crippen molar-refractivity contribution in [2.24, 2.45) is 11.8 Å². The number of anilines is 2. The fraction of sp³-hybridized carbons (Fsp3) is 0.688. The summed E-state index contributed by atoms with van der Waals surface area (Å²) < 4.78 is 0. The molecule has 1 aromatic heterocycles. The van der Waals surface area contributed by atoms with Crippen molar-refractivity contribution in [3.63, 3.8) is 0 Å². The van der Waals surface area contributed by atoms with Crippen molar-refractivity contribution >= 4 is 17.7 Å². The van der Waals surface area contributed by atoms with Crippen molar-refractivity contribution in [1.29, 1.82) is 0 Å². The topological polar surface area (TPSA) is 70.2 Å². The highest BCUT2D eigenvalue weighted by Crippen LogP contribution is 2.18. The van der Waals surface area contributed by atoms with Crippen LogP contribution in [0.5, 0.6) is 0 Å². The second-order valence-electron chi connectivity index (χ2n) is 6.12. The van der Waals surface area contributed by atoms with Crippen molar-refractivity contribution in [2.45, 2.75) is 33.6 Å². The van der Waals surface area contributed by atoms with E-state index in [0.717, 1.165) is 44.8 Å². The second kappa shape index (κ2) is 7.96. The number of piperidine rings is 1. The van der Waals surface area contributed by atoms with Crippen LogP contribution in [0.1, 0.15) is 33.6 Å². The van der Waals surface area contributed by atoms with Crippen LogP contribution in [0.3, 0.4) is 0 Å². The maximum atomic E-state index is 12.1. The third kappa shape index (κ3) is 4.58. The van der Waals surface area contributed by atoms with E-state index in [2.05, 4.69) is 20.6 Å². The molecule has 2 heterocycles. The highest BCUT2D eigenvalue weighted by atomic mass is 16.2. The van der Waals surface area contributed by atoms with E-state index in [1.807, 2.05) is 31.7 Å². The molecular weight excluding hydrogens is 278 g/mol. The van der Waals surface area contributed by atoms with E-state index >= 15 is 0 Å². The molecule has 1 aliphatic rings. The Kier molecular flexibility index (Phi) is 5.98. The van der Waals surface area contributed by atoms with Crippen molar-refractivity contribution in [1.82, 2.24) is 14.9 Å². The molecule has 1 atom stereocenters. The van der Waals surface area contributed by atoms with Gasteiger partial charge in [-0.1, -0.05) is 13.8 Å². The minimum absolute atomic E-state index is 0.0758. The van der Waals surface area contributed by atoms with Gasteiger partial charge in [0.15, 0.2) is 0 Å². The largest absolute Gasteiger partial charge is 0.370 e. The first-order chi connectivity index (χ1) is 10.6. The molecule has 0 saturated carbocycles. The van der Waals surface area contributed by atoms with Crippen LogP contribution >= 0.6 is 0 Å². The zero-order valence-electron chi connectivity index (χ0n) is 13.8. The average molecular weight is 305 g/mol. The van der Waals surface area contributed by atoms with Gasteiger partial charge in [-0.15, -0.1) is 0 Å².